The highest BCUT2D eigenvalue weighted by Gasteiger charge is 2.26. The molecule has 2 heterocycles. The van der Waals surface area contributed by atoms with Crippen LogP contribution in [0, 0.1) is 13.8 Å². The fourth-order valence-corrected chi connectivity index (χ4v) is 5.33. The predicted molar refractivity (Wildman–Crippen MR) is 107 cm³/mol. The number of aryl methyl sites for hydroxylation is 2. The summed E-state index contributed by atoms with van der Waals surface area (Å²) in [4.78, 5) is 21.2. The molecule has 0 unspecified atom stereocenters. The molecule has 2 aromatic heterocycles. The third-order valence-electron chi connectivity index (χ3n) is 4.56. The molecule has 0 radical (unpaired) electrons. The zero-order valence-electron chi connectivity index (χ0n) is 15.8. The van der Waals surface area contributed by atoms with Gasteiger partial charge < -0.3 is 10.4 Å². The van der Waals surface area contributed by atoms with E-state index in [1.54, 1.807) is 13.8 Å². The summed E-state index contributed by atoms with van der Waals surface area (Å²) in [6, 6.07) is -0.637. The van der Waals surface area contributed by atoms with Gasteiger partial charge in [0.05, 0.1) is 11.9 Å². The number of pyridine rings is 1. The highest BCUT2D eigenvalue weighted by Crippen LogP contribution is 2.32. The molecule has 2 aromatic rings. The Morgan fingerprint density at radius 3 is 2.70 bits per heavy atom. The van der Waals surface area contributed by atoms with E-state index in [2.05, 4.69) is 20.0 Å². The minimum Gasteiger partial charge on any atom is -0.383 e. The molecule has 1 aliphatic rings. The number of amides is 2. The summed E-state index contributed by atoms with van der Waals surface area (Å²) in [5, 5.41) is 19.1. The Hall–Kier alpha value is -1.88. The van der Waals surface area contributed by atoms with Gasteiger partial charge in [-0.15, -0.1) is 11.3 Å². The molecule has 1 aliphatic carbocycles. The van der Waals surface area contributed by atoms with Gasteiger partial charge in [0.1, 0.15) is 14.8 Å². The Kier molecular flexibility index (Phi) is 5.10. The summed E-state index contributed by atoms with van der Waals surface area (Å²) in [7, 11) is -3.67. The standard InChI is InChI=1S/C17H25N5O3S2/c1-9-10(2)20-12-7-5-6-11(12)14(9)21-16(23)22-27(18,25)13-8-19-15(26-13)17(3,4)24/h8,24,27H,5-7H2,1-4H3,(H4,18,20,21,22,23,25). The first-order chi connectivity index (χ1) is 12.5. The Labute approximate surface area is 163 Å². The van der Waals surface area contributed by atoms with E-state index < -0.39 is 21.9 Å². The van der Waals surface area contributed by atoms with Crippen LogP contribution in [0.4, 0.5) is 10.5 Å². The topological polar surface area (TPSA) is 130 Å². The number of fused-ring (bicyclic) bond motifs is 1. The maximum absolute atomic E-state index is 12.8. The molecule has 0 bridgehead atoms. The van der Waals surface area contributed by atoms with Gasteiger partial charge in [-0.1, -0.05) is 0 Å². The summed E-state index contributed by atoms with van der Waals surface area (Å²) in [5.74, 6) is 0. The van der Waals surface area contributed by atoms with Crippen molar-refractivity contribution in [1.82, 2.24) is 14.7 Å². The second kappa shape index (κ2) is 6.93. The molecular formula is C17H25N5O3S2. The van der Waals surface area contributed by atoms with Gasteiger partial charge in [-0.05, 0) is 58.1 Å². The number of urea groups is 1. The van der Waals surface area contributed by atoms with Crippen LogP contribution in [0.1, 0.15) is 47.8 Å². The van der Waals surface area contributed by atoms with Crippen molar-refractivity contribution in [3.8, 4) is 0 Å². The van der Waals surface area contributed by atoms with E-state index in [4.69, 9.17) is 5.14 Å². The second-order valence-corrected chi connectivity index (χ2v) is 10.6. The van der Waals surface area contributed by atoms with Gasteiger partial charge in [-0.3, -0.25) is 14.8 Å². The second-order valence-electron chi connectivity index (χ2n) is 7.26. The van der Waals surface area contributed by atoms with Crippen LogP contribution in [0.2, 0.25) is 0 Å². The van der Waals surface area contributed by atoms with Crippen LogP contribution >= 0.6 is 11.3 Å². The molecule has 0 saturated carbocycles. The first-order valence-electron chi connectivity index (χ1n) is 8.65. The number of carbonyl (C=O) groups excluding carboxylic acids is 1. The van der Waals surface area contributed by atoms with Crippen LogP contribution in [0.25, 0.3) is 0 Å². The summed E-state index contributed by atoms with van der Waals surface area (Å²) in [5.41, 5.74) is 3.33. The minimum atomic E-state index is -3.67. The smallest absolute Gasteiger partial charge is 0.330 e. The number of nitrogens with two attached hydrogens (primary N) is 1. The van der Waals surface area contributed by atoms with Gasteiger partial charge in [-0.2, -0.15) is 0 Å². The summed E-state index contributed by atoms with van der Waals surface area (Å²) >= 11 is 1.02. The lowest BCUT2D eigenvalue weighted by molar-refractivity contribution is 0.0783. The van der Waals surface area contributed by atoms with Gasteiger partial charge in [0.25, 0.3) is 0 Å². The number of hydrogen-bond donors (Lipinski definition) is 5. The zero-order chi connectivity index (χ0) is 20.0. The van der Waals surface area contributed by atoms with Crippen LogP contribution in [0.3, 0.4) is 0 Å². The predicted octanol–water partition coefficient (Wildman–Crippen LogP) is 1.86. The van der Waals surface area contributed by atoms with Crippen molar-refractivity contribution in [2.75, 3.05) is 5.32 Å². The number of anilines is 1. The molecule has 148 valence electrons. The van der Waals surface area contributed by atoms with E-state index in [1.165, 1.54) is 6.20 Å². The maximum atomic E-state index is 12.8. The largest absolute Gasteiger partial charge is 0.383 e. The van der Waals surface area contributed by atoms with E-state index in [0.717, 1.165) is 53.1 Å². The zero-order valence-corrected chi connectivity index (χ0v) is 17.5. The molecule has 3 rings (SSSR count). The van der Waals surface area contributed by atoms with E-state index in [-0.39, 0.29) is 4.21 Å². The fraction of sp³-hybridized carbons (Fsp3) is 0.471. The number of hydrogen-bond acceptors (Lipinski definition) is 6. The lowest BCUT2D eigenvalue weighted by Crippen LogP contribution is -2.44. The summed E-state index contributed by atoms with van der Waals surface area (Å²) < 4.78 is 15.4. The maximum Gasteiger partial charge on any atom is 0.330 e. The Morgan fingerprint density at radius 1 is 1.37 bits per heavy atom. The van der Waals surface area contributed by atoms with Gasteiger partial charge in [0, 0.05) is 21.7 Å². The molecule has 27 heavy (non-hydrogen) atoms. The van der Waals surface area contributed by atoms with Crippen molar-refractivity contribution in [1.29, 1.82) is 0 Å². The fourth-order valence-electron chi connectivity index (χ4n) is 3.03. The molecule has 0 atom stereocenters. The minimum absolute atomic E-state index is 0.225. The Morgan fingerprint density at radius 2 is 2.07 bits per heavy atom. The van der Waals surface area contributed by atoms with Crippen molar-refractivity contribution in [3.05, 3.63) is 33.7 Å². The van der Waals surface area contributed by atoms with E-state index in [9.17, 15) is 14.1 Å². The lowest BCUT2D eigenvalue weighted by atomic mass is 10.1. The number of thiazole rings is 1. The van der Waals surface area contributed by atoms with Gasteiger partial charge >= 0.3 is 6.03 Å². The molecular weight excluding hydrogens is 386 g/mol. The van der Waals surface area contributed by atoms with Crippen molar-refractivity contribution in [3.63, 3.8) is 0 Å². The summed E-state index contributed by atoms with van der Waals surface area (Å²) in [6.07, 6.45) is 4.07. The van der Waals surface area contributed by atoms with Crippen LogP contribution in [-0.4, -0.2) is 25.3 Å². The third kappa shape index (κ3) is 4.03. The van der Waals surface area contributed by atoms with E-state index in [0.29, 0.717) is 10.7 Å². The third-order valence-corrected chi connectivity index (χ3v) is 8.07. The Bertz CT molecular complexity index is 949. The molecule has 5 N–H and O–H groups in total. The van der Waals surface area contributed by atoms with Gasteiger partial charge in [0.15, 0.2) is 0 Å². The number of aliphatic hydroxyl groups is 1. The van der Waals surface area contributed by atoms with Crippen LogP contribution in [0.15, 0.2) is 10.4 Å². The number of carbonyl (C=O) groups is 1. The van der Waals surface area contributed by atoms with Crippen LogP contribution in [-0.2, 0) is 28.7 Å². The van der Waals surface area contributed by atoms with Gasteiger partial charge in [-0.25, -0.2) is 14.0 Å². The van der Waals surface area contributed by atoms with Gasteiger partial charge in [0.2, 0.25) is 0 Å². The van der Waals surface area contributed by atoms with Crippen molar-refractivity contribution >= 4 is 33.4 Å². The highest BCUT2D eigenvalue weighted by atomic mass is 32.3. The van der Waals surface area contributed by atoms with E-state index in [1.807, 2.05) is 13.8 Å². The normalized spacial score (nSPS) is 14.7. The molecule has 0 aliphatic heterocycles. The average Bonchev–Trinajstić information content (AvgIpc) is 3.19. The quantitative estimate of drug-likeness (QED) is 0.490. The van der Waals surface area contributed by atoms with Crippen LogP contribution < -0.4 is 15.2 Å². The molecule has 8 nitrogen and oxygen atoms in total. The molecule has 10 heteroatoms. The van der Waals surface area contributed by atoms with Crippen molar-refractivity contribution in [2.24, 2.45) is 5.14 Å². The summed E-state index contributed by atoms with van der Waals surface area (Å²) in [6.45, 7) is 6.95. The number of thiol groups is 1. The van der Waals surface area contributed by atoms with Crippen molar-refractivity contribution < 1.29 is 14.1 Å². The number of aromatic nitrogens is 2. The SMILES string of the molecule is Cc1nc2c(c(NC(=O)N[SH](N)(=O)c3cnc(C(C)(C)O)s3)c1C)CCC2. The highest BCUT2D eigenvalue weighted by molar-refractivity contribution is 8.01. The monoisotopic (exact) mass is 411 g/mol. The lowest BCUT2D eigenvalue weighted by Gasteiger charge is -2.21. The average molecular weight is 412 g/mol. The number of nitrogens with zero attached hydrogens (tertiary/aromatic N) is 2. The van der Waals surface area contributed by atoms with E-state index >= 15 is 0 Å². The number of rotatable bonds is 4. The molecule has 0 saturated heterocycles. The first-order valence-corrected chi connectivity index (χ1v) is 11.2. The first kappa shape index (κ1) is 19.9. The molecule has 2 amide bonds. The van der Waals surface area contributed by atoms with Crippen molar-refractivity contribution in [2.45, 2.75) is 56.8 Å². The number of nitrogens with one attached hydrogen (secondary N) is 2. The molecule has 0 aromatic carbocycles. The molecule has 0 fully saturated rings. The molecule has 0 spiro atoms. The Balaban J connectivity index is 1.80. The van der Waals surface area contributed by atoms with Crippen LogP contribution in [0.5, 0.6) is 0 Å².